The van der Waals surface area contributed by atoms with Crippen molar-refractivity contribution in [2.24, 2.45) is 11.3 Å². The molecule has 1 saturated carbocycles. The maximum atomic E-state index is 12.1. The molecule has 1 aliphatic carbocycles. The van der Waals surface area contributed by atoms with Crippen LogP contribution in [0.15, 0.2) is 18.3 Å². The first-order valence-corrected chi connectivity index (χ1v) is 7.81. The summed E-state index contributed by atoms with van der Waals surface area (Å²) in [5.41, 5.74) is 0.278. The van der Waals surface area contributed by atoms with Crippen LogP contribution >= 0.6 is 36.4 Å². The number of pyridine rings is 1. The number of carbonyl (C=O) groups excluding carboxylic acids is 1. The van der Waals surface area contributed by atoms with Gasteiger partial charge in [0.05, 0.1) is 6.54 Å². The molecular weight excluding hydrogens is 361 g/mol. The van der Waals surface area contributed by atoms with Gasteiger partial charge in [-0.05, 0) is 49.9 Å². The minimum atomic E-state index is 0. The SMILES string of the molecule is Cl.Cl.O=C(NCCOc1ncccc1Cl)C1CC12CCNCC2. The van der Waals surface area contributed by atoms with Gasteiger partial charge in [0.2, 0.25) is 11.8 Å². The van der Waals surface area contributed by atoms with E-state index in [-0.39, 0.29) is 42.1 Å². The molecule has 5 nitrogen and oxygen atoms in total. The van der Waals surface area contributed by atoms with Crippen LogP contribution in [0.3, 0.4) is 0 Å². The molecule has 2 aliphatic rings. The predicted octanol–water partition coefficient (Wildman–Crippen LogP) is 2.46. The van der Waals surface area contributed by atoms with E-state index >= 15 is 0 Å². The summed E-state index contributed by atoms with van der Waals surface area (Å²) in [6, 6.07) is 3.48. The van der Waals surface area contributed by atoms with Crippen LogP contribution in [0.1, 0.15) is 19.3 Å². The number of hydrogen-bond acceptors (Lipinski definition) is 4. The molecule has 1 amide bonds. The highest BCUT2D eigenvalue weighted by molar-refractivity contribution is 6.31. The Hall–Kier alpha value is -0.750. The lowest BCUT2D eigenvalue weighted by atomic mass is 9.92. The van der Waals surface area contributed by atoms with Crippen molar-refractivity contribution in [2.45, 2.75) is 19.3 Å². The zero-order valence-electron chi connectivity index (χ0n) is 12.7. The molecule has 2 heterocycles. The minimum absolute atomic E-state index is 0. The summed E-state index contributed by atoms with van der Waals surface area (Å²) < 4.78 is 5.46. The highest BCUT2D eigenvalue weighted by atomic mass is 35.5. The van der Waals surface area contributed by atoms with E-state index in [1.54, 1.807) is 18.3 Å². The Labute approximate surface area is 153 Å². The quantitative estimate of drug-likeness (QED) is 0.768. The fourth-order valence-corrected chi connectivity index (χ4v) is 3.29. The summed E-state index contributed by atoms with van der Waals surface area (Å²) in [6.45, 7) is 2.93. The lowest BCUT2D eigenvalue weighted by molar-refractivity contribution is -0.123. The molecule has 8 heteroatoms. The number of carbonyl (C=O) groups is 1. The van der Waals surface area contributed by atoms with Crippen molar-refractivity contribution < 1.29 is 9.53 Å². The van der Waals surface area contributed by atoms with E-state index in [9.17, 15) is 4.79 Å². The van der Waals surface area contributed by atoms with Crippen molar-refractivity contribution >= 4 is 42.3 Å². The summed E-state index contributed by atoms with van der Waals surface area (Å²) >= 11 is 5.94. The minimum Gasteiger partial charge on any atom is -0.475 e. The molecule has 0 aromatic carbocycles. The first-order valence-electron chi connectivity index (χ1n) is 7.43. The van der Waals surface area contributed by atoms with Crippen molar-refractivity contribution in [3.05, 3.63) is 23.4 Å². The number of rotatable bonds is 5. The average molecular weight is 383 g/mol. The first-order chi connectivity index (χ1) is 10.2. The van der Waals surface area contributed by atoms with Crippen LogP contribution in [-0.2, 0) is 4.79 Å². The van der Waals surface area contributed by atoms with Gasteiger partial charge in [-0.3, -0.25) is 4.79 Å². The van der Waals surface area contributed by atoms with E-state index in [1.807, 2.05) is 0 Å². The summed E-state index contributed by atoms with van der Waals surface area (Å²) in [4.78, 5) is 16.2. The Balaban J connectivity index is 0.00000132. The summed E-state index contributed by atoms with van der Waals surface area (Å²) in [5.74, 6) is 0.764. The molecule has 23 heavy (non-hydrogen) atoms. The number of ether oxygens (including phenoxy) is 1. The third kappa shape index (κ3) is 4.86. The van der Waals surface area contributed by atoms with Gasteiger partial charge in [-0.1, -0.05) is 11.6 Å². The van der Waals surface area contributed by atoms with Crippen LogP contribution < -0.4 is 15.4 Å². The van der Waals surface area contributed by atoms with Gasteiger partial charge in [-0.25, -0.2) is 4.98 Å². The highest BCUT2D eigenvalue weighted by Crippen LogP contribution is 2.58. The van der Waals surface area contributed by atoms with Gasteiger partial charge in [0, 0.05) is 12.1 Å². The van der Waals surface area contributed by atoms with Crippen molar-refractivity contribution in [1.82, 2.24) is 15.6 Å². The number of aromatic nitrogens is 1. The van der Waals surface area contributed by atoms with Crippen LogP contribution in [0.25, 0.3) is 0 Å². The lowest BCUT2D eigenvalue weighted by Gasteiger charge is -2.23. The summed E-state index contributed by atoms with van der Waals surface area (Å²) in [6.07, 6.45) is 4.90. The van der Waals surface area contributed by atoms with Crippen LogP contribution in [-0.4, -0.2) is 37.1 Å². The smallest absolute Gasteiger partial charge is 0.232 e. The monoisotopic (exact) mass is 381 g/mol. The maximum absolute atomic E-state index is 12.1. The third-order valence-corrected chi connectivity index (χ3v) is 4.76. The standard InChI is InChI=1S/C15H20ClN3O2.2ClH/c16-12-2-1-5-19-14(12)21-9-8-18-13(20)11-10-15(11)3-6-17-7-4-15;;/h1-2,5,11,17H,3-4,6-10H2,(H,18,20);2*1H. The topological polar surface area (TPSA) is 63.2 Å². The molecule has 1 saturated heterocycles. The molecule has 3 rings (SSSR count). The molecule has 1 spiro atoms. The fourth-order valence-electron chi connectivity index (χ4n) is 3.12. The van der Waals surface area contributed by atoms with Crippen LogP contribution in [0.2, 0.25) is 5.02 Å². The van der Waals surface area contributed by atoms with Crippen molar-refractivity contribution in [3.63, 3.8) is 0 Å². The molecule has 2 N–H and O–H groups in total. The number of hydrogen-bond donors (Lipinski definition) is 2. The Kier molecular flexibility index (Phi) is 7.87. The van der Waals surface area contributed by atoms with E-state index in [0.29, 0.717) is 24.1 Å². The molecule has 1 aromatic heterocycles. The number of amides is 1. The van der Waals surface area contributed by atoms with Gasteiger partial charge >= 0.3 is 0 Å². The van der Waals surface area contributed by atoms with Crippen molar-refractivity contribution in [2.75, 3.05) is 26.2 Å². The second-order valence-electron chi connectivity index (χ2n) is 5.80. The predicted molar refractivity (Wildman–Crippen MR) is 94.9 cm³/mol. The first kappa shape index (κ1) is 20.3. The molecule has 1 aromatic rings. The van der Waals surface area contributed by atoms with Gasteiger partial charge in [0.1, 0.15) is 11.6 Å². The third-order valence-electron chi connectivity index (χ3n) is 4.47. The molecule has 130 valence electrons. The van der Waals surface area contributed by atoms with E-state index in [2.05, 4.69) is 15.6 Å². The highest BCUT2D eigenvalue weighted by Gasteiger charge is 2.57. The van der Waals surface area contributed by atoms with E-state index in [1.165, 1.54) is 0 Å². The van der Waals surface area contributed by atoms with Crippen LogP contribution in [0.4, 0.5) is 0 Å². The van der Waals surface area contributed by atoms with Gasteiger partial charge < -0.3 is 15.4 Å². The summed E-state index contributed by atoms with van der Waals surface area (Å²) in [7, 11) is 0. The van der Waals surface area contributed by atoms with Crippen molar-refractivity contribution in [3.8, 4) is 5.88 Å². The normalized spacial score (nSPS) is 20.8. The molecule has 1 unspecified atom stereocenters. The molecule has 0 bridgehead atoms. The molecule has 1 aliphatic heterocycles. The van der Waals surface area contributed by atoms with E-state index in [0.717, 1.165) is 32.4 Å². The number of nitrogens with zero attached hydrogens (tertiary/aromatic N) is 1. The van der Waals surface area contributed by atoms with Crippen molar-refractivity contribution in [1.29, 1.82) is 0 Å². The Morgan fingerprint density at radius 2 is 2.17 bits per heavy atom. The largest absolute Gasteiger partial charge is 0.475 e. The zero-order valence-corrected chi connectivity index (χ0v) is 15.1. The number of nitrogens with one attached hydrogen (secondary N) is 2. The fraction of sp³-hybridized carbons (Fsp3) is 0.600. The van der Waals surface area contributed by atoms with Gasteiger partial charge in [0.25, 0.3) is 0 Å². The Morgan fingerprint density at radius 1 is 1.43 bits per heavy atom. The van der Waals surface area contributed by atoms with Gasteiger partial charge in [-0.15, -0.1) is 24.8 Å². The van der Waals surface area contributed by atoms with Gasteiger partial charge in [-0.2, -0.15) is 0 Å². The Bertz CT molecular complexity index is 524. The molecule has 1 atom stereocenters. The molecule has 0 radical (unpaired) electrons. The lowest BCUT2D eigenvalue weighted by Crippen LogP contribution is -2.35. The van der Waals surface area contributed by atoms with Crippen LogP contribution in [0, 0.1) is 11.3 Å². The van der Waals surface area contributed by atoms with Gasteiger partial charge in [0.15, 0.2) is 0 Å². The number of piperidine rings is 1. The van der Waals surface area contributed by atoms with E-state index in [4.69, 9.17) is 16.3 Å². The Morgan fingerprint density at radius 3 is 2.87 bits per heavy atom. The maximum Gasteiger partial charge on any atom is 0.232 e. The number of halogens is 3. The average Bonchev–Trinajstić information content (AvgIpc) is 3.19. The second-order valence-corrected chi connectivity index (χ2v) is 6.21. The second kappa shape index (κ2) is 8.92. The molecule has 2 fully saturated rings. The zero-order chi connectivity index (χ0) is 14.7. The summed E-state index contributed by atoms with van der Waals surface area (Å²) in [5, 5.41) is 6.78. The molecular formula is C15H22Cl3N3O2. The van der Waals surface area contributed by atoms with Crippen LogP contribution in [0.5, 0.6) is 5.88 Å². The van der Waals surface area contributed by atoms with E-state index < -0.39 is 0 Å².